The van der Waals surface area contributed by atoms with Crippen molar-refractivity contribution in [2.75, 3.05) is 0 Å². The van der Waals surface area contributed by atoms with Gasteiger partial charge in [-0.25, -0.2) is 0 Å². The van der Waals surface area contributed by atoms with E-state index in [2.05, 4.69) is 37.9 Å². The predicted molar refractivity (Wildman–Crippen MR) is 71.1 cm³/mol. The van der Waals surface area contributed by atoms with Crippen molar-refractivity contribution < 1.29 is 0 Å². The molecule has 3 heteroatoms. The van der Waals surface area contributed by atoms with Gasteiger partial charge in [0.15, 0.2) is 0 Å². The minimum atomic E-state index is 0.747. The van der Waals surface area contributed by atoms with Crippen LogP contribution in [0.3, 0.4) is 0 Å². The van der Waals surface area contributed by atoms with Crippen molar-refractivity contribution in [3.05, 3.63) is 56.4 Å². The van der Waals surface area contributed by atoms with Gasteiger partial charge < -0.3 is 0 Å². The van der Waals surface area contributed by atoms with Gasteiger partial charge in [0, 0.05) is 19.5 Å². The fourth-order valence-electron chi connectivity index (χ4n) is 1.34. The van der Waals surface area contributed by atoms with Crippen LogP contribution in [0.25, 0.3) is 11.1 Å². The number of rotatable bonds is 1. The SMILES string of the molecule is Clc1ccccc1-c1cc[c]c(Br)c1Br. The second-order valence-corrected chi connectivity index (χ2v) is 4.99. The lowest BCUT2D eigenvalue weighted by Crippen LogP contribution is -1.82. The predicted octanol–water partition coefficient (Wildman–Crippen LogP) is 5.33. The maximum absolute atomic E-state index is 6.14. The molecule has 15 heavy (non-hydrogen) atoms. The lowest BCUT2D eigenvalue weighted by atomic mass is 10.1. The highest BCUT2D eigenvalue weighted by Gasteiger charge is 2.08. The molecule has 0 saturated heterocycles. The van der Waals surface area contributed by atoms with Gasteiger partial charge in [-0.1, -0.05) is 41.9 Å². The fraction of sp³-hybridized carbons (Fsp3) is 0. The summed E-state index contributed by atoms with van der Waals surface area (Å²) in [5.41, 5.74) is 2.08. The van der Waals surface area contributed by atoms with Gasteiger partial charge >= 0.3 is 0 Å². The molecule has 0 nitrogen and oxygen atoms in total. The highest BCUT2D eigenvalue weighted by Crippen LogP contribution is 2.36. The van der Waals surface area contributed by atoms with E-state index in [9.17, 15) is 0 Å². The lowest BCUT2D eigenvalue weighted by Gasteiger charge is -2.07. The first-order chi connectivity index (χ1) is 7.20. The molecule has 2 rings (SSSR count). The van der Waals surface area contributed by atoms with Crippen molar-refractivity contribution in [3.8, 4) is 11.1 Å². The van der Waals surface area contributed by atoms with Crippen LogP contribution in [0.4, 0.5) is 0 Å². The van der Waals surface area contributed by atoms with E-state index >= 15 is 0 Å². The second kappa shape index (κ2) is 4.69. The highest BCUT2D eigenvalue weighted by atomic mass is 79.9. The zero-order valence-corrected chi connectivity index (χ0v) is 11.5. The molecule has 0 bridgehead atoms. The van der Waals surface area contributed by atoms with E-state index < -0.39 is 0 Å². The Morgan fingerprint density at radius 1 is 1.00 bits per heavy atom. The quantitative estimate of drug-likeness (QED) is 0.655. The standard InChI is InChI=1S/C12H6Br2Cl/c13-10-6-3-5-9(12(10)14)8-4-1-2-7-11(8)15/h1-5,7H. The highest BCUT2D eigenvalue weighted by molar-refractivity contribution is 9.13. The van der Waals surface area contributed by atoms with Gasteiger partial charge in [-0.15, -0.1) is 0 Å². The zero-order chi connectivity index (χ0) is 10.8. The summed E-state index contributed by atoms with van der Waals surface area (Å²) in [6.45, 7) is 0. The van der Waals surface area contributed by atoms with Gasteiger partial charge in [0.2, 0.25) is 0 Å². The summed E-state index contributed by atoms with van der Waals surface area (Å²) in [6, 6.07) is 14.7. The molecular formula is C12H6Br2Cl. The molecule has 0 aliphatic carbocycles. The first kappa shape index (κ1) is 11.2. The normalized spacial score (nSPS) is 10.3. The van der Waals surface area contributed by atoms with Gasteiger partial charge in [0.25, 0.3) is 0 Å². The van der Waals surface area contributed by atoms with E-state index in [0.29, 0.717) is 0 Å². The van der Waals surface area contributed by atoms with Gasteiger partial charge in [-0.3, -0.25) is 0 Å². The molecule has 0 saturated carbocycles. The molecule has 0 spiro atoms. The molecule has 0 aliphatic heterocycles. The van der Waals surface area contributed by atoms with Crippen LogP contribution in [0, 0.1) is 6.07 Å². The van der Waals surface area contributed by atoms with Crippen molar-refractivity contribution in [1.82, 2.24) is 0 Å². The van der Waals surface area contributed by atoms with Gasteiger partial charge in [-0.05, 0) is 49.6 Å². The van der Waals surface area contributed by atoms with E-state index in [1.54, 1.807) is 0 Å². The Morgan fingerprint density at radius 2 is 1.73 bits per heavy atom. The fourth-order valence-corrected chi connectivity index (χ4v) is 2.38. The summed E-state index contributed by atoms with van der Waals surface area (Å²) >= 11 is 13.1. The van der Waals surface area contributed by atoms with E-state index in [0.717, 1.165) is 25.1 Å². The van der Waals surface area contributed by atoms with Gasteiger partial charge in [0.05, 0.1) is 0 Å². The Balaban J connectivity index is 2.65. The Kier molecular flexibility index (Phi) is 3.49. The first-order valence-corrected chi connectivity index (χ1v) is 6.27. The Hall–Kier alpha value is -0.310. The average molecular weight is 345 g/mol. The van der Waals surface area contributed by atoms with E-state index in [1.807, 2.05) is 36.4 Å². The van der Waals surface area contributed by atoms with Gasteiger partial charge in [-0.2, -0.15) is 0 Å². The number of hydrogen-bond donors (Lipinski definition) is 0. The van der Waals surface area contributed by atoms with Crippen LogP contribution in [0.5, 0.6) is 0 Å². The number of halogens is 3. The summed E-state index contributed by atoms with van der Waals surface area (Å²) < 4.78 is 1.87. The van der Waals surface area contributed by atoms with E-state index in [4.69, 9.17) is 11.6 Å². The molecule has 1 radical (unpaired) electrons. The van der Waals surface area contributed by atoms with Crippen LogP contribution in [-0.4, -0.2) is 0 Å². The van der Waals surface area contributed by atoms with Crippen molar-refractivity contribution in [2.24, 2.45) is 0 Å². The Bertz CT molecular complexity index is 495. The number of benzene rings is 2. The third kappa shape index (κ3) is 2.27. The van der Waals surface area contributed by atoms with Crippen molar-refractivity contribution in [2.45, 2.75) is 0 Å². The first-order valence-electron chi connectivity index (χ1n) is 4.30. The maximum Gasteiger partial charge on any atom is 0.0484 e. The second-order valence-electron chi connectivity index (χ2n) is 3.00. The average Bonchev–Trinajstić information content (AvgIpc) is 2.23. The van der Waals surface area contributed by atoms with Crippen LogP contribution in [0.1, 0.15) is 0 Å². The van der Waals surface area contributed by atoms with Crippen LogP contribution in [-0.2, 0) is 0 Å². The summed E-state index contributed by atoms with van der Waals surface area (Å²) in [4.78, 5) is 0. The third-order valence-corrected chi connectivity index (χ3v) is 4.36. The van der Waals surface area contributed by atoms with E-state index in [1.165, 1.54) is 0 Å². The van der Waals surface area contributed by atoms with E-state index in [-0.39, 0.29) is 0 Å². The molecule has 2 aromatic carbocycles. The molecule has 0 aliphatic rings. The molecule has 2 aromatic rings. The molecule has 0 fully saturated rings. The third-order valence-electron chi connectivity index (χ3n) is 2.05. The molecule has 0 N–H and O–H groups in total. The largest absolute Gasteiger partial charge is 0.0837 e. The molecule has 0 aromatic heterocycles. The molecular weight excluding hydrogens is 339 g/mol. The summed E-state index contributed by atoms with van der Waals surface area (Å²) in [6.07, 6.45) is 0. The summed E-state index contributed by atoms with van der Waals surface area (Å²) in [7, 11) is 0. The number of hydrogen-bond acceptors (Lipinski definition) is 0. The van der Waals surface area contributed by atoms with Gasteiger partial charge in [0.1, 0.15) is 0 Å². The topological polar surface area (TPSA) is 0 Å². The lowest BCUT2D eigenvalue weighted by molar-refractivity contribution is 1.54. The van der Waals surface area contributed by atoms with Crippen LogP contribution >= 0.6 is 43.5 Å². The van der Waals surface area contributed by atoms with Crippen molar-refractivity contribution in [3.63, 3.8) is 0 Å². The van der Waals surface area contributed by atoms with Crippen molar-refractivity contribution in [1.29, 1.82) is 0 Å². The Labute approximate surface area is 111 Å². The smallest absolute Gasteiger partial charge is 0.0484 e. The Morgan fingerprint density at radius 3 is 2.47 bits per heavy atom. The monoisotopic (exact) mass is 343 g/mol. The molecule has 0 amide bonds. The maximum atomic E-state index is 6.14. The molecule has 0 atom stereocenters. The zero-order valence-electron chi connectivity index (χ0n) is 7.60. The minimum absolute atomic E-state index is 0.747. The van der Waals surface area contributed by atoms with Crippen LogP contribution < -0.4 is 0 Å². The summed E-state index contributed by atoms with van der Waals surface area (Å²) in [5.74, 6) is 0. The summed E-state index contributed by atoms with van der Waals surface area (Å²) in [5, 5.41) is 0.747. The molecule has 0 unspecified atom stereocenters. The van der Waals surface area contributed by atoms with Crippen LogP contribution in [0.2, 0.25) is 5.02 Å². The van der Waals surface area contributed by atoms with Crippen molar-refractivity contribution >= 4 is 43.5 Å². The molecule has 0 heterocycles. The van der Waals surface area contributed by atoms with Crippen LogP contribution in [0.15, 0.2) is 45.3 Å². The minimum Gasteiger partial charge on any atom is -0.0837 e. The molecule has 75 valence electrons.